The van der Waals surface area contributed by atoms with Gasteiger partial charge in [0.2, 0.25) is 0 Å². The van der Waals surface area contributed by atoms with Crippen LogP contribution in [-0.4, -0.2) is 34.9 Å². The number of urea groups is 1. The van der Waals surface area contributed by atoms with Crippen molar-refractivity contribution in [3.63, 3.8) is 0 Å². The highest BCUT2D eigenvalue weighted by molar-refractivity contribution is 5.95. The van der Waals surface area contributed by atoms with Crippen molar-refractivity contribution in [1.82, 2.24) is 9.88 Å². The van der Waals surface area contributed by atoms with Crippen LogP contribution in [0.4, 0.5) is 16.3 Å². The van der Waals surface area contributed by atoms with Gasteiger partial charge in [0.1, 0.15) is 17.3 Å². The van der Waals surface area contributed by atoms with Crippen molar-refractivity contribution in [2.75, 3.05) is 19.4 Å². The molecule has 1 aromatic heterocycles. The summed E-state index contributed by atoms with van der Waals surface area (Å²) in [5, 5.41) is 14.9. The molecule has 8 nitrogen and oxygen atoms in total. The van der Waals surface area contributed by atoms with Gasteiger partial charge in [0, 0.05) is 37.8 Å². The quantitative estimate of drug-likeness (QED) is 0.565. The first-order chi connectivity index (χ1) is 12.5. The summed E-state index contributed by atoms with van der Waals surface area (Å²) in [6, 6.07) is 12.8. The second-order valence-corrected chi connectivity index (χ2v) is 5.69. The number of non-ortho nitro benzene ring substituents is 1. The molecule has 0 fully saturated rings. The largest absolute Gasteiger partial charge is 0.457 e. The molecule has 0 spiro atoms. The lowest BCUT2D eigenvalue weighted by Gasteiger charge is -2.13. The third-order valence-corrected chi connectivity index (χ3v) is 3.66. The average molecular weight is 352 g/mol. The fraction of sp³-hybridized carbons (Fsp3) is 0.111. The zero-order valence-electron chi connectivity index (χ0n) is 14.2. The highest BCUT2D eigenvalue weighted by Gasteiger charge is 2.15. The Labute approximate surface area is 149 Å². The minimum atomic E-state index is -0.423. The van der Waals surface area contributed by atoms with E-state index in [1.54, 1.807) is 56.6 Å². The topological polar surface area (TPSA) is 97.6 Å². The van der Waals surface area contributed by atoms with Gasteiger partial charge in [0.25, 0.3) is 5.69 Å². The molecule has 132 valence electrons. The fourth-order valence-corrected chi connectivity index (χ4v) is 2.40. The van der Waals surface area contributed by atoms with E-state index in [0.717, 1.165) is 0 Å². The predicted molar refractivity (Wildman–Crippen MR) is 97.6 cm³/mol. The van der Waals surface area contributed by atoms with Crippen molar-refractivity contribution in [2.45, 2.75) is 0 Å². The number of anilines is 1. The number of nitro benzene ring substituents is 1. The van der Waals surface area contributed by atoms with Gasteiger partial charge in [0.15, 0.2) is 0 Å². The highest BCUT2D eigenvalue weighted by Crippen LogP contribution is 2.35. The Bertz CT molecular complexity index is 988. The SMILES string of the molecule is CN(C)C(=O)Nc1cc(Oc2ccc([N+](=O)[O-])c3ccccc23)ccn1. The molecule has 0 aliphatic heterocycles. The van der Waals surface area contributed by atoms with Gasteiger partial charge >= 0.3 is 6.03 Å². The van der Waals surface area contributed by atoms with Gasteiger partial charge < -0.3 is 9.64 Å². The van der Waals surface area contributed by atoms with Crippen molar-refractivity contribution < 1.29 is 14.5 Å². The maximum absolute atomic E-state index is 11.7. The second-order valence-electron chi connectivity index (χ2n) is 5.69. The Morgan fingerprint density at radius 3 is 2.58 bits per heavy atom. The number of amides is 2. The van der Waals surface area contributed by atoms with Gasteiger partial charge in [-0.05, 0) is 18.2 Å². The van der Waals surface area contributed by atoms with Crippen LogP contribution in [0.25, 0.3) is 10.8 Å². The van der Waals surface area contributed by atoms with Crippen molar-refractivity contribution in [2.24, 2.45) is 0 Å². The van der Waals surface area contributed by atoms with E-state index in [1.165, 1.54) is 17.2 Å². The third-order valence-electron chi connectivity index (χ3n) is 3.66. The summed E-state index contributed by atoms with van der Waals surface area (Å²) in [6.45, 7) is 0. The van der Waals surface area contributed by atoms with Crippen molar-refractivity contribution in [3.05, 3.63) is 64.8 Å². The lowest BCUT2D eigenvalue weighted by atomic mass is 10.1. The van der Waals surface area contributed by atoms with Gasteiger partial charge in [-0.15, -0.1) is 0 Å². The standard InChI is InChI=1S/C18H16N4O4/c1-21(2)18(23)20-17-11-12(9-10-19-17)26-16-8-7-15(22(24)25)13-5-3-4-6-14(13)16/h3-11H,1-2H3,(H,19,20,23). The smallest absolute Gasteiger partial charge is 0.322 e. The van der Waals surface area contributed by atoms with Crippen LogP contribution < -0.4 is 10.1 Å². The van der Waals surface area contributed by atoms with Crippen LogP contribution >= 0.6 is 0 Å². The van der Waals surface area contributed by atoms with Gasteiger partial charge in [-0.1, -0.05) is 18.2 Å². The number of nitrogens with one attached hydrogen (secondary N) is 1. The number of hydrogen-bond acceptors (Lipinski definition) is 5. The Morgan fingerprint density at radius 1 is 1.15 bits per heavy atom. The van der Waals surface area contributed by atoms with E-state index in [2.05, 4.69) is 10.3 Å². The molecule has 2 amide bonds. The van der Waals surface area contributed by atoms with Crippen molar-refractivity contribution in [1.29, 1.82) is 0 Å². The van der Waals surface area contributed by atoms with Crippen LogP contribution in [0, 0.1) is 10.1 Å². The number of nitro groups is 1. The normalized spacial score (nSPS) is 10.4. The molecular formula is C18H16N4O4. The highest BCUT2D eigenvalue weighted by atomic mass is 16.6. The molecule has 0 saturated heterocycles. The number of nitrogens with zero attached hydrogens (tertiary/aromatic N) is 3. The molecule has 2 aromatic carbocycles. The molecule has 0 bridgehead atoms. The first kappa shape index (κ1) is 17.2. The zero-order chi connectivity index (χ0) is 18.7. The molecule has 3 aromatic rings. The van der Waals surface area contributed by atoms with E-state index in [9.17, 15) is 14.9 Å². The van der Waals surface area contributed by atoms with Gasteiger partial charge in [-0.3, -0.25) is 15.4 Å². The number of ether oxygens (including phenoxy) is 1. The summed E-state index contributed by atoms with van der Waals surface area (Å²) in [6.07, 6.45) is 1.51. The van der Waals surface area contributed by atoms with E-state index in [0.29, 0.717) is 28.1 Å². The van der Waals surface area contributed by atoms with Gasteiger partial charge in [-0.25, -0.2) is 9.78 Å². The van der Waals surface area contributed by atoms with Crippen LogP contribution in [0.5, 0.6) is 11.5 Å². The average Bonchev–Trinajstić information content (AvgIpc) is 2.62. The molecule has 3 rings (SSSR count). The minimum Gasteiger partial charge on any atom is -0.457 e. The molecule has 8 heteroatoms. The summed E-state index contributed by atoms with van der Waals surface area (Å²) in [5.74, 6) is 1.27. The summed E-state index contributed by atoms with van der Waals surface area (Å²) >= 11 is 0. The number of carbonyl (C=O) groups is 1. The molecule has 0 unspecified atom stereocenters. The molecule has 0 saturated carbocycles. The van der Waals surface area contributed by atoms with Crippen LogP contribution in [-0.2, 0) is 0 Å². The van der Waals surface area contributed by atoms with E-state index in [-0.39, 0.29) is 11.7 Å². The number of aromatic nitrogens is 1. The molecule has 0 aliphatic rings. The second kappa shape index (κ2) is 7.06. The minimum absolute atomic E-state index is 0.0154. The summed E-state index contributed by atoms with van der Waals surface area (Å²) in [4.78, 5) is 28.0. The van der Waals surface area contributed by atoms with E-state index in [1.807, 2.05) is 0 Å². The number of hydrogen-bond donors (Lipinski definition) is 1. The molecule has 26 heavy (non-hydrogen) atoms. The molecule has 0 atom stereocenters. The Morgan fingerprint density at radius 2 is 1.88 bits per heavy atom. The van der Waals surface area contributed by atoms with Gasteiger partial charge in [0.05, 0.1) is 10.3 Å². The zero-order valence-corrected chi connectivity index (χ0v) is 14.2. The van der Waals surface area contributed by atoms with E-state index in [4.69, 9.17) is 4.74 Å². The number of pyridine rings is 1. The maximum atomic E-state index is 11.7. The lowest BCUT2D eigenvalue weighted by Crippen LogP contribution is -2.27. The number of carbonyl (C=O) groups excluding carboxylic acids is 1. The van der Waals surface area contributed by atoms with Crippen LogP contribution in [0.3, 0.4) is 0 Å². The first-order valence-corrected chi connectivity index (χ1v) is 7.74. The van der Waals surface area contributed by atoms with Crippen LogP contribution in [0.15, 0.2) is 54.7 Å². The number of fused-ring (bicyclic) bond motifs is 1. The molecular weight excluding hydrogens is 336 g/mol. The van der Waals surface area contributed by atoms with Crippen LogP contribution in [0.2, 0.25) is 0 Å². The van der Waals surface area contributed by atoms with Crippen molar-refractivity contribution in [3.8, 4) is 11.5 Å². The summed E-state index contributed by atoms with van der Waals surface area (Å²) in [5.41, 5.74) is 0.0154. The Balaban J connectivity index is 1.94. The molecule has 0 aliphatic carbocycles. The lowest BCUT2D eigenvalue weighted by molar-refractivity contribution is -0.383. The molecule has 0 radical (unpaired) electrons. The fourth-order valence-electron chi connectivity index (χ4n) is 2.40. The molecule has 1 heterocycles. The maximum Gasteiger partial charge on any atom is 0.322 e. The summed E-state index contributed by atoms with van der Waals surface area (Å²) < 4.78 is 5.88. The Hall–Kier alpha value is -3.68. The molecule has 1 N–H and O–H groups in total. The number of rotatable bonds is 4. The predicted octanol–water partition coefficient (Wildman–Crippen LogP) is 4.03. The monoisotopic (exact) mass is 352 g/mol. The van der Waals surface area contributed by atoms with Crippen molar-refractivity contribution >= 4 is 28.3 Å². The van der Waals surface area contributed by atoms with Gasteiger partial charge in [-0.2, -0.15) is 0 Å². The first-order valence-electron chi connectivity index (χ1n) is 7.74. The third kappa shape index (κ3) is 3.54. The number of benzene rings is 2. The van der Waals surface area contributed by atoms with Crippen LogP contribution in [0.1, 0.15) is 0 Å². The summed E-state index contributed by atoms with van der Waals surface area (Å²) in [7, 11) is 3.25. The van der Waals surface area contributed by atoms with E-state index >= 15 is 0 Å². The Kier molecular flexibility index (Phi) is 4.66. The van der Waals surface area contributed by atoms with E-state index < -0.39 is 4.92 Å².